The van der Waals surface area contributed by atoms with Gasteiger partial charge in [0, 0.05) is 18.0 Å². The molecule has 0 saturated carbocycles. The average molecular weight is 359 g/mol. The second-order valence-electron chi connectivity index (χ2n) is 5.99. The van der Waals surface area contributed by atoms with Crippen LogP contribution in [-0.2, 0) is 6.42 Å². The van der Waals surface area contributed by atoms with Gasteiger partial charge in [-0.2, -0.15) is 0 Å². The number of H-pyrrole nitrogens is 1. The first kappa shape index (κ1) is 17.1. The van der Waals surface area contributed by atoms with E-state index in [4.69, 9.17) is 28.2 Å². The van der Waals surface area contributed by atoms with Crippen LogP contribution in [0.4, 0.5) is 0 Å². The summed E-state index contributed by atoms with van der Waals surface area (Å²) in [5.41, 5.74) is 4.55. The van der Waals surface area contributed by atoms with Crippen LogP contribution in [0.2, 0.25) is 10.0 Å². The fourth-order valence-corrected chi connectivity index (χ4v) is 3.29. The van der Waals surface area contributed by atoms with Crippen LogP contribution in [-0.4, -0.2) is 9.97 Å². The van der Waals surface area contributed by atoms with Crippen LogP contribution < -0.4 is 0 Å². The van der Waals surface area contributed by atoms with Crippen molar-refractivity contribution in [3.63, 3.8) is 0 Å². The number of aryl methyl sites for hydroxylation is 1. The summed E-state index contributed by atoms with van der Waals surface area (Å²) < 4.78 is 0. The Labute approximate surface area is 152 Å². The molecule has 1 unspecified atom stereocenters. The Bertz CT molecular complexity index is 825. The molecule has 0 aliphatic rings. The van der Waals surface area contributed by atoms with Gasteiger partial charge in [-0.05, 0) is 36.6 Å². The van der Waals surface area contributed by atoms with Crippen molar-refractivity contribution in [3.8, 4) is 0 Å². The van der Waals surface area contributed by atoms with E-state index >= 15 is 0 Å². The van der Waals surface area contributed by atoms with Gasteiger partial charge >= 0.3 is 0 Å². The Morgan fingerprint density at radius 3 is 2.46 bits per heavy atom. The number of aromatic amines is 1. The number of hydrogen-bond acceptors (Lipinski definition) is 1. The largest absolute Gasteiger partial charge is 0.345 e. The third-order valence-electron chi connectivity index (χ3n) is 4.30. The molecule has 0 fully saturated rings. The number of nitrogens with zero attached hydrogens (tertiary/aromatic N) is 1. The monoisotopic (exact) mass is 358 g/mol. The molecule has 1 aromatic heterocycles. The third kappa shape index (κ3) is 3.66. The lowest BCUT2D eigenvalue weighted by atomic mass is 9.96. The van der Waals surface area contributed by atoms with Gasteiger partial charge in [0.05, 0.1) is 15.7 Å². The highest BCUT2D eigenvalue weighted by Gasteiger charge is 2.17. The molecule has 24 heavy (non-hydrogen) atoms. The summed E-state index contributed by atoms with van der Waals surface area (Å²) in [5.74, 6) is 1.31. The number of halogens is 2. The maximum Gasteiger partial charge on any atom is 0.114 e. The number of hydrogen-bond donors (Lipinski definition) is 1. The van der Waals surface area contributed by atoms with Gasteiger partial charge in [0.25, 0.3) is 0 Å². The fourth-order valence-electron chi connectivity index (χ4n) is 2.97. The van der Waals surface area contributed by atoms with Gasteiger partial charge in [0.2, 0.25) is 0 Å². The summed E-state index contributed by atoms with van der Waals surface area (Å²) in [6.45, 7) is 4.26. The van der Waals surface area contributed by atoms with Crippen LogP contribution in [0, 0.1) is 6.92 Å². The highest BCUT2D eigenvalue weighted by Crippen LogP contribution is 2.28. The quantitative estimate of drug-likeness (QED) is 0.581. The third-order valence-corrected chi connectivity index (χ3v) is 5.04. The first-order valence-electron chi connectivity index (χ1n) is 8.12. The molecule has 2 nitrogen and oxygen atoms in total. The van der Waals surface area contributed by atoms with Crippen LogP contribution in [0.3, 0.4) is 0 Å². The van der Waals surface area contributed by atoms with Crippen molar-refractivity contribution in [2.45, 2.75) is 32.6 Å². The minimum atomic E-state index is 0.285. The highest BCUT2D eigenvalue weighted by atomic mass is 35.5. The molecule has 0 saturated heterocycles. The topological polar surface area (TPSA) is 28.7 Å². The number of benzene rings is 2. The molecule has 0 bridgehead atoms. The highest BCUT2D eigenvalue weighted by molar-refractivity contribution is 6.42. The normalized spacial score (nSPS) is 12.3. The molecule has 124 valence electrons. The zero-order chi connectivity index (χ0) is 17.1. The maximum atomic E-state index is 6.12. The first-order chi connectivity index (χ1) is 11.6. The molecule has 0 spiro atoms. The Morgan fingerprint density at radius 2 is 1.79 bits per heavy atom. The van der Waals surface area contributed by atoms with E-state index in [1.54, 1.807) is 0 Å². The molecule has 0 aliphatic carbocycles. The number of rotatable bonds is 5. The van der Waals surface area contributed by atoms with Gasteiger partial charge < -0.3 is 4.98 Å². The van der Waals surface area contributed by atoms with Crippen LogP contribution >= 0.6 is 23.2 Å². The Hall–Kier alpha value is -1.77. The minimum absolute atomic E-state index is 0.285. The number of aromatic nitrogens is 2. The molecule has 3 rings (SSSR count). The molecular weight excluding hydrogens is 339 g/mol. The van der Waals surface area contributed by atoms with Gasteiger partial charge in [0.15, 0.2) is 0 Å². The van der Waals surface area contributed by atoms with Crippen molar-refractivity contribution in [2.24, 2.45) is 0 Å². The van der Waals surface area contributed by atoms with Crippen molar-refractivity contribution < 1.29 is 0 Å². The lowest BCUT2D eigenvalue weighted by Crippen LogP contribution is -2.02. The molecule has 0 aliphatic heterocycles. The smallest absolute Gasteiger partial charge is 0.114 e. The van der Waals surface area contributed by atoms with Crippen molar-refractivity contribution in [3.05, 3.63) is 86.9 Å². The summed E-state index contributed by atoms with van der Waals surface area (Å²) in [6, 6.07) is 16.2. The van der Waals surface area contributed by atoms with E-state index in [0.29, 0.717) is 10.0 Å². The molecule has 4 heteroatoms. The summed E-state index contributed by atoms with van der Waals surface area (Å²) in [6.07, 6.45) is 1.74. The zero-order valence-corrected chi connectivity index (χ0v) is 15.3. The van der Waals surface area contributed by atoms with Crippen LogP contribution in [0.25, 0.3) is 0 Å². The van der Waals surface area contributed by atoms with Crippen LogP contribution in [0.1, 0.15) is 47.6 Å². The summed E-state index contributed by atoms with van der Waals surface area (Å²) in [7, 11) is 0. The lowest BCUT2D eigenvalue weighted by molar-refractivity contribution is 0.726. The molecule has 1 N–H and O–H groups in total. The summed E-state index contributed by atoms with van der Waals surface area (Å²) in [4.78, 5) is 8.34. The van der Waals surface area contributed by atoms with E-state index < -0.39 is 0 Å². The van der Waals surface area contributed by atoms with Gasteiger partial charge in [-0.3, -0.25) is 0 Å². The molecular formula is C20H20Cl2N2. The molecule has 0 amide bonds. The molecule has 0 radical (unpaired) electrons. The zero-order valence-electron chi connectivity index (χ0n) is 13.8. The minimum Gasteiger partial charge on any atom is -0.345 e. The molecule has 3 aromatic rings. The van der Waals surface area contributed by atoms with E-state index in [0.717, 1.165) is 35.6 Å². The van der Waals surface area contributed by atoms with E-state index in [1.165, 1.54) is 5.56 Å². The standard InChI is InChI=1S/C20H20Cl2N2/c1-3-16(15-7-5-4-6-8-15)20-23-13(2)19(24-20)12-14-9-10-17(21)18(22)11-14/h4-11,16H,3,12H2,1-2H3,(H,23,24). The second-order valence-corrected chi connectivity index (χ2v) is 6.80. The van der Waals surface area contributed by atoms with Gasteiger partial charge in [-0.1, -0.05) is 66.5 Å². The average Bonchev–Trinajstić information content (AvgIpc) is 2.93. The van der Waals surface area contributed by atoms with Gasteiger partial charge in [-0.15, -0.1) is 0 Å². The Balaban J connectivity index is 1.88. The Morgan fingerprint density at radius 1 is 1.04 bits per heavy atom. The van der Waals surface area contributed by atoms with Crippen LogP contribution in [0.15, 0.2) is 48.5 Å². The van der Waals surface area contributed by atoms with Crippen molar-refractivity contribution >= 4 is 23.2 Å². The van der Waals surface area contributed by atoms with Crippen molar-refractivity contribution in [1.82, 2.24) is 9.97 Å². The van der Waals surface area contributed by atoms with Gasteiger partial charge in [-0.25, -0.2) is 4.98 Å². The molecule has 1 atom stereocenters. The molecule has 2 aromatic carbocycles. The van der Waals surface area contributed by atoms with Crippen molar-refractivity contribution in [1.29, 1.82) is 0 Å². The van der Waals surface area contributed by atoms with E-state index in [-0.39, 0.29) is 5.92 Å². The Kier molecular flexibility index (Phi) is 5.27. The predicted molar refractivity (Wildman–Crippen MR) is 101 cm³/mol. The predicted octanol–water partition coefficient (Wildman–Crippen LogP) is 6.16. The maximum absolute atomic E-state index is 6.12. The summed E-state index contributed by atoms with van der Waals surface area (Å²) in [5, 5.41) is 1.16. The first-order valence-corrected chi connectivity index (χ1v) is 8.88. The number of nitrogens with one attached hydrogen (secondary N) is 1. The second kappa shape index (κ2) is 7.42. The number of imidazole rings is 1. The van der Waals surface area contributed by atoms with Gasteiger partial charge in [0.1, 0.15) is 5.82 Å². The lowest BCUT2D eigenvalue weighted by Gasteiger charge is -2.12. The van der Waals surface area contributed by atoms with E-state index in [9.17, 15) is 0 Å². The molecule has 1 heterocycles. The van der Waals surface area contributed by atoms with Crippen molar-refractivity contribution in [2.75, 3.05) is 0 Å². The van der Waals surface area contributed by atoms with E-state index in [2.05, 4.69) is 43.1 Å². The van der Waals surface area contributed by atoms with Crippen LogP contribution in [0.5, 0.6) is 0 Å². The fraction of sp³-hybridized carbons (Fsp3) is 0.250. The SMILES string of the molecule is CCC(c1ccccc1)c1nc(Cc2ccc(Cl)c(Cl)c2)c(C)[nH]1. The van der Waals surface area contributed by atoms with E-state index in [1.807, 2.05) is 24.3 Å². The summed E-state index contributed by atoms with van der Waals surface area (Å²) >= 11 is 12.1.